The van der Waals surface area contributed by atoms with Crippen molar-refractivity contribution >= 4 is 11.5 Å². The fourth-order valence-electron chi connectivity index (χ4n) is 4.87. The van der Waals surface area contributed by atoms with Gasteiger partial charge in [0.25, 0.3) is 0 Å². The zero-order valence-electron chi connectivity index (χ0n) is 17.7. The maximum atomic E-state index is 9.80. The number of nitriles is 1. The fraction of sp³-hybridized carbons (Fsp3) is 0.440. The highest BCUT2D eigenvalue weighted by molar-refractivity contribution is 5.60. The standard InChI is InChI=1S/C25H30N4O/c1-19-7-8-23-21(17-19)5-2-3-13-29(23)24(11-16-30)20-9-14-28(15-10-20)25-22(18-26)6-4-12-27-25/h4,6-8,11-12,17,20,30H,2-3,5,9-10,13-16H2,1H3. The highest BCUT2D eigenvalue weighted by Gasteiger charge is 2.29. The Morgan fingerprint density at radius 3 is 2.83 bits per heavy atom. The number of rotatable bonds is 4. The van der Waals surface area contributed by atoms with Gasteiger partial charge in [-0.25, -0.2) is 4.98 Å². The minimum Gasteiger partial charge on any atom is -0.392 e. The number of fused-ring (bicyclic) bond motifs is 1. The van der Waals surface area contributed by atoms with Crippen LogP contribution in [0.3, 0.4) is 0 Å². The van der Waals surface area contributed by atoms with Gasteiger partial charge in [-0.2, -0.15) is 5.26 Å². The third-order valence-corrected chi connectivity index (χ3v) is 6.34. The molecule has 1 N–H and O–H groups in total. The molecule has 4 rings (SSSR count). The number of hydrogen-bond acceptors (Lipinski definition) is 5. The first-order chi connectivity index (χ1) is 14.7. The molecule has 0 radical (unpaired) electrons. The quantitative estimate of drug-likeness (QED) is 0.830. The van der Waals surface area contributed by atoms with E-state index in [2.05, 4.69) is 46.0 Å². The van der Waals surface area contributed by atoms with Crippen molar-refractivity contribution in [1.82, 2.24) is 4.98 Å². The number of anilines is 2. The van der Waals surface area contributed by atoms with E-state index in [1.165, 1.54) is 28.9 Å². The molecule has 2 aliphatic heterocycles. The van der Waals surface area contributed by atoms with Gasteiger partial charge in [-0.15, -0.1) is 0 Å². The minimum atomic E-state index is 0.0616. The highest BCUT2D eigenvalue weighted by atomic mass is 16.2. The van der Waals surface area contributed by atoms with Crippen molar-refractivity contribution < 1.29 is 5.11 Å². The molecule has 0 aliphatic carbocycles. The van der Waals surface area contributed by atoms with Crippen LogP contribution < -0.4 is 9.80 Å². The van der Waals surface area contributed by atoms with E-state index in [1.807, 2.05) is 18.2 Å². The number of nitrogens with zero attached hydrogens (tertiary/aromatic N) is 4. The second-order valence-corrected chi connectivity index (χ2v) is 8.30. The lowest BCUT2D eigenvalue weighted by Crippen LogP contribution is -2.38. The summed E-state index contributed by atoms with van der Waals surface area (Å²) >= 11 is 0. The number of piperidine rings is 1. The lowest BCUT2D eigenvalue weighted by Gasteiger charge is -2.38. The molecule has 2 aromatic rings. The number of aromatic nitrogens is 1. The third-order valence-electron chi connectivity index (χ3n) is 6.34. The molecule has 2 aliphatic rings. The Hall–Kier alpha value is -2.84. The second-order valence-electron chi connectivity index (χ2n) is 8.30. The van der Waals surface area contributed by atoms with E-state index in [1.54, 1.807) is 6.20 Å². The first-order valence-corrected chi connectivity index (χ1v) is 11.0. The molecule has 3 heterocycles. The number of aliphatic hydroxyl groups is 1. The number of allylic oxidation sites excluding steroid dienone is 1. The lowest BCUT2D eigenvalue weighted by molar-refractivity contribution is 0.337. The monoisotopic (exact) mass is 402 g/mol. The molecule has 5 nitrogen and oxygen atoms in total. The SMILES string of the molecule is Cc1ccc2c(c1)CCCCN2C(=CCO)C1CCN(c2ncccc2C#N)CC1. The maximum Gasteiger partial charge on any atom is 0.146 e. The lowest BCUT2D eigenvalue weighted by atomic mass is 9.91. The zero-order chi connectivity index (χ0) is 20.9. The van der Waals surface area contributed by atoms with E-state index >= 15 is 0 Å². The van der Waals surface area contributed by atoms with Crippen molar-refractivity contribution in [2.45, 2.75) is 39.0 Å². The average Bonchev–Trinajstić information content (AvgIpc) is 2.99. The summed E-state index contributed by atoms with van der Waals surface area (Å²) in [6.45, 7) is 4.96. The van der Waals surface area contributed by atoms with Crippen molar-refractivity contribution in [3.05, 3.63) is 65.0 Å². The molecule has 0 bridgehead atoms. The van der Waals surface area contributed by atoms with Crippen molar-refractivity contribution in [2.75, 3.05) is 36.0 Å². The van der Waals surface area contributed by atoms with Gasteiger partial charge in [0.15, 0.2) is 0 Å². The Morgan fingerprint density at radius 2 is 2.07 bits per heavy atom. The summed E-state index contributed by atoms with van der Waals surface area (Å²) in [5, 5.41) is 19.2. The summed E-state index contributed by atoms with van der Waals surface area (Å²) in [5.41, 5.74) is 5.92. The molecule has 0 saturated carbocycles. The Bertz CT molecular complexity index is 954. The summed E-state index contributed by atoms with van der Waals surface area (Å²) in [4.78, 5) is 9.14. The molecule has 1 saturated heterocycles. The van der Waals surface area contributed by atoms with Gasteiger partial charge >= 0.3 is 0 Å². The predicted molar refractivity (Wildman–Crippen MR) is 121 cm³/mol. The van der Waals surface area contributed by atoms with Crippen molar-refractivity contribution in [3.8, 4) is 6.07 Å². The first-order valence-electron chi connectivity index (χ1n) is 11.0. The van der Waals surface area contributed by atoms with Crippen LogP contribution >= 0.6 is 0 Å². The number of hydrogen-bond donors (Lipinski definition) is 1. The summed E-state index contributed by atoms with van der Waals surface area (Å²) in [5.74, 6) is 1.19. The van der Waals surface area contributed by atoms with Crippen LogP contribution in [0.15, 0.2) is 48.3 Å². The zero-order valence-corrected chi connectivity index (χ0v) is 17.7. The normalized spacial score (nSPS) is 18.0. The van der Waals surface area contributed by atoms with Crippen LogP contribution in [0, 0.1) is 24.2 Å². The Kier molecular flexibility index (Phi) is 6.35. The molecule has 1 aromatic carbocycles. The smallest absolute Gasteiger partial charge is 0.146 e. The van der Waals surface area contributed by atoms with Gasteiger partial charge in [0.2, 0.25) is 0 Å². The maximum absolute atomic E-state index is 9.80. The van der Waals surface area contributed by atoms with E-state index in [4.69, 9.17) is 0 Å². The van der Waals surface area contributed by atoms with Crippen LogP contribution in [-0.2, 0) is 6.42 Å². The topological polar surface area (TPSA) is 63.4 Å². The van der Waals surface area contributed by atoms with Crippen molar-refractivity contribution in [2.24, 2.45) is 5.92 Å². The van der Waals surface area contributed by atoms with Crippen LogP contribution in [0.2, 0.25) is 0 Å². The summed E-state index contributed by atoms with van der Waals surface area (Å²) in [6.07, 6.45) is 9.24. The third kappa shape index (κ3) is 4.20. The van der Waals surface area contributed by atoms with Crippen LogP contribution in [-0.4, -0.2) is 36.3 Å². The van der Waals surface area contributed by atoms with Gasteiger partial charge in [-0.05, 0) is 68.9 Å². The molecule has 156 valence electrons. The van der Waals surface area contributed by atoms with Gasteiger partial charge in [0.1, 0.15) is 11.9 Å². The van der Waals surface area contributed by atoms with E-state index < -0.39 is 0 Å². The number of benzene rings is 1. The summed E-state index contributed by atoms with van der Waals surface area (Å²) in [7, 11) is 0. The molecule has 5 heteroatoms. The number of aliphatic hydroxyl groups excluding tert-OH is 1. The molecular weight excluding hydrogens is 372 g/mol. The first kappa shape index (κ1) is 20.4. The van der Waals surface area contributed by atoms with E-state index in [0.29, 0.717) is 11.5 Å². The molecule has 0 spiro atoms. The molecule has 30 heavy (non-hydrogen) atoms. The van der Waals surface area contributed by atoms with Crippen LogP contribution in [0.5, 0.6) is 0 Å². The van der Waals surface area contributed by atoms with Gasteiger partial charge in [-0.1, -0.05) is 17.7 Å². The Balaban J connectivity index is 1.56. The molecule has 0 amide bonds. The fourth-order valence-corrected chi connectivity index (χ4v) is 4.87. The highest BCUT2D eigenvalue weighted by Crippen LogP contribution is 2.36. The molecule has 1 fully saturated rings. The molecule has 1 aromatic heterocycles. The van der Waals surface area contributed by atoms with Gasteiger partial charge < -0.3 is 14.9 Å². The molecular formula is C25H30N4O. The van der Waals surface area contributed by atoms with E-state index in [-0.39, 0.29) is 6.61 Å². The summed E-state index contributed by atoms with van der Waals surface area (Å²) in [6, 6.07) is 12.7. The van der Waals surface area contributed by atoms with Crippen LogP contribution in [0.25, 0.3) is 0 Å². The van der Waals surface area contributed by atoms with Gasteiger partial charge in [0.05, 0.1) is 12.2 Å². The van der Waals surface area contributed by atoms with Crippen molar-refractivity contribution in [3.63, 3.8) is 0 Å². The Morgan fingerprint density at radius 1 is 1.23 bits per heavy atom. The summed E-state index contributed by atoms with van der Waals surface area (Å²) < 4.78 is 0. The van der Waals surface area contributed by atoms with Crippen LogP contribution in [0.1, 0.15) is 42.4 Å². The Labute approximate surface area is 179 Å². The van der Waals surface area contributed by atoms with Gasteiger partial charge in [0, 0.05) is 43.1 Å². The second kappa shape index (κ2) is 9.32. The van der Waals surface area contributed by atoms with Gasteiger partial charge in [-0.3, -0.25) is 0 Å². The largest absolute Gasteiger partial charge is 0.392 e. The number of pyridine rings is 1. The average molecular weight is 403 g/mol. The minimum absolute atomic E-state index is 0.0616. The number of aryl methyl sites for hydroxylation is 2. The van der Waals surface area contributed by atoms with E-state index in [0.717, 1.165) is 51.1 Å². The van der Waals surface area contributed by atoms with Crippen LogP contribution in [0.4, 0.5) is 11.5 Å². The van der Waals surface area contributed by atoms with E-state index in [9.17, 15) is 10.4 Å². The predicted octanol–water partition coefficient (Wildman–Crippen LogP) is 4.20. The molecule has 0 atom stereocenters. The molecule has 0 unspecified atom stereocenters. The van der Waals surface area contributed by atoms with Crippen molar-refractivity contribution in [1.29, 1.82) is 5.26 Å².